The van der Waals surface area contributed by atoms with Crippen molar-refractivity contribution in [2.45, 2.75) is 50.8 Å². The van der Waals surface area contributed by atoms with Gasteiger partial charge in [-0.1, -0.05) is 104 Å². The fourth-order valence-electron chi connectivity index (χ4n) is 5.84. The van der Waals surface area contributed by atoms with E-state index < -0.39 is 6.23 Å². The van der Waals surface area contributed by atoms with Crippen molar-refractivity contribution >= 4 is 0 Å². The number of nitrogens with zero attached hydrogens (tertiary/aromatic N) is 2. The maximum Gasteiger partial charge on any atom is 0.134 e. The molecule has 1 N–H and O–H groups in total. The molecule has 1 saturated heterocycles. The Bertz CT molecular complexity index is 976. The molecular weight excluding hydrogens is 416 g/mol. The highest BCUT2D eigenvalue weighted by Gasteiger charge is 2.33. The summed E-state index contributed by atoms with van der Waals surface area (Å²) >= 11 is 0. The highest BCUT2D eigenvalue weighted by atomic mass is 16.3. The van der Waals surface area contributed by atoms with Gasteiger partial charge in [-0.2, -0.15) is 0 Å². The molecular formula is C31H38N2O. The predicted octanol–water partition coefficient (Wildman–Crippen LogP) is 6.21. The lowest BCUT2D eigenvalue weighted by Crippen LogP contribution is -2.51. The average Bonchev–Trinajstić information content (AvgIpc) is 3.18. The van der Waals surface area contributed by atoms with Crippen LogP contribution in [0.2, 0.25) is 0 Å². The van der Waals surface area contributed by atoms with Crippen molar-refractivity contribution in [3.8, 4) is 0 Å². The number of hydrogen-bond donors (Lipinski definition) is 1. The second-order valence-corrected chi connectivity index (χ2v) is 10.2. The van der Waals surface area contributed by atoms with Crippen LogP contribution in [0.4, 0.5) is 0 Å². The van der Waals surface area contributed by atoms with Gasteiger partial charge in [-0.05, 0) is 47.6 Å². The van der Waals surface area contributed by atoms with E-state index in [1.165, 1.54) is 68.4 Å². The molecule has 3 aromatic carbocycles. The van der Waals surface area contributed by atoms with E-state index in [9.17, 15) is 5.11 Å². The molecule has 178 valence electrons. The largest absolute Gasteiger partial charge is 0.374 e. The number of likely N-dealkylation sites (tertiary alicyclic amines) is 1. The van der Waals surface area contributed by atoms with E-state index in [4.69, 9.17) is 0 Å². The van der Waals surface area contributed by atoms with Crippen molar-refractivity contribution < 1.29 is 5.11 Å². The Morgan fingerprint density at radius 1 is 0.735 bits per heavy atom. The first-order valence-electron chi connectivity index (χ1n) is 13.1. The Morgan fingerprint density at radius 3 is 2.03 bits per heavy atom. The third-order valence-corrected chi connectivity index (χ3v) is 7.70. The van der Waals surface area contributed by atoms with Gasteiger partial charge in [0.1, 0.15) is 6.23 Å². The van der Waals surface area contributed by atoms with Gasteiger partial charge in [0.2, 0.25) is 0 Å². The maximum atomic E-state index is 10.6. The van der Waals surface area contributed by atoms with Crippen LogP contribution in [-0.4, -0.2) is 41.1 Å². The van der Waals surface area contributed by atoms with Crippen LogP contribution >= 0.6 is 0 Å². The van der Waals surface area contributed by atoms with E-state index in [1.807, 2.05) is 6.07 Å². The number of aliphatic hydroxyl groups is 1. The van der Waals surface area contributed by atoms with Gasteiger partial charge in [-0.3, -0.25) is 4.90 Å². The van der Waals surface area contributed by atoms with Gasteiger partial charge in [0.25, 0.3) is 0 Å². The van der Waals surface area contributed by atoms with Gasteiger partial charge in [-0.15, -0.1) is 0 Å². The molecule has 0 bridgehead atoms. The van der Waals surface area contributed by atoms with Crippen molar-refractivity contribution in [2.75, 3.05) is 26.2 Å². The van der Waals surface area contributed by atoms with Crippen molar-refractivity contribution in [1.29, 1.82) is 0 Å². The number of fused-ring (bicyclic) bond motifs is 1. The summed E-state index contributed by atoms with van der Waals surface area (Å²) in [5.74, 6) is 1.20. The molecule has 0 saturated carbocycles. The van der Waals surface area contributed by atoms with Gasteiger partial charge in [0.05, 0.1) is 0 Å². The lowest BCUT2D eigenvalue weighted by molar-refractivity contribution is -0.0225. The molecule has 0 aromatic heterocycles. The molecule has 0 radical (unpaired) electrons. The van der Waals surface area contributed by atoms with Crippen LogP contribution in [0, 0.1) is 5.92 Å². The van der Waals surface area contributed by atoms with Gasteiger partial charge in [-0.25, -0.2) is 0 Å². The lowest BCUT2D eigenvalue weighted by atomic mass is 9.87. The Morgan fingerprint density at radius 2 is 1.35 bits per heavy atom. The Kier molecular flexibility index (Phi) is 7.75. The topological polar surface area (TPSA) is 26.7 Å². The predicted molar refractivity (Wildman–Crippen MR) is 140 cm³/mol. The zero-order valence-corrected chi connectivity index (χ0v) is 20.2. The monoisotopic (exact) mass is 454 g/mol. The second kappa shape index (κ2) is 11.3. The Balaban J connectivity index is 0.979. The third-order valence-electron chi connectivity index (χ3n) is 7.70. The number of aliphatic hydroxyl groups excluding tert-OH is 1. The third kappa shape index (κ3) is 5.60. The summed E-state index contributed by atoms with van der Waals surface area (Å²) in [5, 5.41) is 10.6. The molecule has 0 aliphatic carbocycles. The van der Waals surface area contributed by atoms with Crippen LogP contribution in [0.15, 0.2) is 84.9 Å². The van der Waals surface area contributed by atoms with Crippen LogP contribution < -0.4 is 0 Å². The van der Waals surface area contributed by atoms with E-state index in [2.05, 4.69) is 88.7 Å². The summed E-state index contributed by atoms with van der Waals surface area (Å²) in [5.41, 5.74) is 5.26. The summed E-state index contributed by atoms with van der Waals surface area (Å²) in [4.78, 5) is 4.83. The van der Waals surface area contributed by atoms with E-state index in [0.29, 0.717) is 11.8 Å². The highest BCUT2D eigenvalue weighted by molar-refractivity contribution is 5.33. The molecule has 3 aromatic rings. The molecule has 1 fully saturated rings. The summed E-state index contributed by atoms with van der Waals surface area (Å²) in [7, 11) is 0. The van der Waals surface area contributed by atoms with E-state index in [1.54, 1.807) is 0 Å². The number of unbranched alkanes of at least 4 members (excludes halogenated alkanes) is 3. The van der Waals surface area contributed by atoms with Crippen LogP contribution in [-0.2, 0) is 6.54 Å². The van der Waals surface area contributed by atoms with Crippen LogP contribution in [0.1, 0.15) is 66.5 Å². The summed E-state index contributed by atoms with van der Waals surface area (Å²) in [6, 6.07) is 30.3. The Labute approximate surface area is 205 Å². The molecule has 3 nitrogen and oxygen atoms in total. The maximum absolute atomic E-state index is 10.6. The van der Waals surface area contributed by atoms with E-state index in [-0.39, 0.29) is 0 Å². The zero-order valence-electron chi connectivity index (χ0n) is 20.2. The van der Waals surface area contributed by atoms with Crippen LogP contribution in [0.5, 0.6) is 0 Å². The highest BCUT2D eigenvalue weighted by Crippen LogP contribution is 2.33. The molecule has 5 rings (SSSR count). The average molecular weight is 455 g/mol. The summed E-state index contributed by atoms with van der Waals surface area (Å²) < 4.78 is 0. The normalized spacial score (nSPS) is 18.8. The molecule has 34 heavy (non-hydrogen) atoms. The number of hydrogen-bond acceptors (Lipinski definition) is 3. The molecule has 0 spiro atoms. The van der Waals surface area contributed by atoms with Crippen molar-refractivity contribution in [2.24, 2.45) is 5.92 Å². The molecule has 2 aliphatic rings. The minimum atomic E-state index is -0.416. The van der Waals surface area contributed by atoms with Gasteiger partial charge >= 0.3 is 0 Å². The van der Waals surface area contributed by atoms with Gasteiger partial charge < -0.3 is 10.0 Å². The first kappa shape index (κ1) is 23.3. The first-order valence-corrected chi connectivity index (χ1v) is 13.1. The van der Waals surface area contributed by atoms with Crippen molar-refractivity contribution in [1.82, 2.24) is 9.80 Å². The van der Waals surface area contributed by atoms with Crippen molar-refractivity contribution in [3.05, 3.63) is 107 Å². The summed E-state index contributed by atoms with van der Waals surface area (Å²) in [6.45, 7) is 5.49. The second-order valence-electron chi connectivity index (χ2n) is 10.2. The molecule has 0 amide bonds. The fourth-order valence-corrected chi connectivity index (χ4v) is 5.84. The molecule has 1 atom stereocenters. The van der Waals surface area contributed by atoms with Gasteiger partial charge in [0.15, 0.2) is 0 Å². The van der Waals surface area contributed by atoms with E-state index >= 15 is 0 Å². The van der Waals surface area contributed by atoms with Crippen molar-refractivity contribution in [3.63, 3.8) is 0 Å². The smallest absolute Gasteiger partial charge is 0.134 e. The SMILES string of the molecule is OC1c2ccccc2CN1CC1CN(CCCCCCC(c2ccccc2)c2ccccc2)C1. The van der Waals surface area contributed by atoms with Crippen LogP contribution in [0.3, 0.4) is 0 Å². The van der Waals surface area contributed by atoms with Crippen LogP contribution in [0.25, 0.3) is 0 Å². The summed E-state index contributed by atoms with van der Waals surface area (Å²) in [6.07, 6.45) is 6.01. The molecule has 2 heterocycles. The standard InChI is InChI=1S/C31H38N2O/c34-31-30-19-11-10-17-28(30)24-33(31)23-25-21-32(22-25)20-12-2-1-9-18-29(26-13-5-3-6-14-26)27-15-7-4-8-16-27/h3-8,10-11,13-17,19,25,29,31,34H,1-2,9,12,18,20-24H2. The van der Waals surface area contributed by atoms with E-state index in [0.717, 1.165) is 18.7 Å². The lowest BCUT2D eigenvalue weighted by Gasteiger charge is -2.41. The number of rotatable bonds is 11. The zero-order chi connectivity index (χ0) is 23.2. The minimum absolute atomic E-state index is 0.416. The molecule has 2 aliphatic heterocycles. The number of benzene rings is 3. The Hall–Kier alpha value is -2.46. The quantitative estimate of drug-likeness (QED) is 0.349. The first-order chi connectivity index (χ1) is 16.8. The fraction of sp³-hybridized carbons (Fsp3) is 0.419. The minimum Gasteiger partial charge on any atom is -0.374 e. The van der Waals surface area contributed by atoms with Gasteiger partial charge in [0, 0.05) is 32.1 Å². The molecule has 3 heteroatoms. The molecule has 1 unspecified atom stereocenters.